The van der Waals surface area contributed by atoms with Gasteiger partial charge in [0.15, 0.2) is 0 Å². The molecule has 39 heavy (non-hydrogen) atoms. The third-order valence-electron chi connectivity index (χ3n) is 7.73. The zero-order valence-corrected chi connectivity index (χ0v) is 21.5. The number of alkyl carbamates (subject to hydrolysis) is 1. The second-order valence-corrected chi connectivity index (χ2v) is 10.1. The fourth-order valence-corrected chi connectivity index (χ4v) is 5.87. The van der Waals surface area contributed by atoms with E-state index in [0.717, 1.165) is 27.6 Å². The Morgan fingerprint density at radius 3 is 2.05 bits per heavy atom. The third kappa shape index (κ3) is 4.84. The van der Waals surface area contributed by atoms with Crippen LogP contribution in [-0.2, 0) is 16.0 Å². The van der Waals surface area contributed by atoms with E-state index in [4.69, 9.17) is 4.74 Å². The van der Waals surface area contributed by atoms with Crippen molar-refractivity contribution in [2.75, 3.05) is 6.61 Å². The van der Waals surface area contributed by atoms with Crippen molar-refractivity contribution in [3.63, 3.8) is 0 Å². The van der Waals surface area contributed by atoms with Crippen LogP contribution in [0.1, 0.15) is 35.4 Å². The van der Waals surface area contributed by atoms with Gasteiger partial charge in [0.05, 0.1) is 0 Å². The molecule has 1 amide bonds. The molecule has 0 unspecified atom stereocenters. The number of nitrogens with one attached hydrogen (secondary N) is 1. The molecule has 0 heterocycles. The molecule has 5 heteroatoms. The molecule has 6 rings (SSSR count). The summed E-state index contributed by atoms with van der Waals surface area (Å²) in [6, 6.07) is 34.0. The standard InChI is InChI=1S/C34H29NO4/c36-33(37)32(19-9-11-23-20-22-10-1-2-12-24(22)26-14-4-3-13-25(23)26)35-34(38)39-21-31-29-17-7-5-15-27(29)28-16-6-8-18-30(28)31/h1-8,10,12-18,20,31-32H,9,11,19,21H2,(H,35,38)(H,36,37)/t32-/m0/s1. The molecule has 0 saturated carbocycles. The van der Waals surface area contributed by atoms with E-state index in [1.165, 1.54) is 21.7 Å². The number of carboxylic acid groups (broad SMARTS) is 1. The van der Waals surface area contributed by atoms with Crippen molar-refractivity contribution in [3.8, 4) is 11.1 Å². The maximum Gasteiger partial charge on any atom is 0.407 e. The Morgan fingerprint density at radius 2 is 1.36 bits per heavy atom. The smallest absolute Gasteiger partial charge is 0.407 e. The van der Waals surface area contributed by atoms with Gasteiger partial charge in [-0.25, -0.2) is 9.59 Å². The van der Waals surface area contributed by atoms with Crippen LogP contribution in [-0.4, -0.2) is 29.8 Å². The lowest BCUT2D eigenvalue weighted by Gasteiger charge is -2.18. The van der Waals surface area contributed by atoms with Crippen molar-refractivity contribution in [2.24, 2.45) is 0 Å². The summed E-state index contributed by atoms with van der Waals surface area (Å²) >= 11 is 0. The molecule has 1 atom stereocenters. The predicted octanol–water partition coefficient (Wildman–Crippen LogP) is 7.31. The van der Waals surface area contributed by atoms with Crippen LogP contribution in [0.4, 0.5) is 4.79 Å². The number of aliphatic carboxylic acids is 1. The maximum absolute atomic E-state index is 12.7. The van der Waals surface area contributed by atoms with Gasteiger partial charge in [-0.3, -0.25) is 0 Å². The minimum absolute atomic E-state index is 0.0763. The Bertz CT molecular complexity index is 1650. The Hall–Kier alpha value is -4.64. The summed E-state index contributed by atoms with van der Waals surface area (Å²) < 4.78 is 5.58. The molecule has 0 spiro atoms. The van der Waals surface area contributed by atoms with Crippen LogP contribution in [0.2, 0.25) is 0 Å². The monoisotopic (exact) mass is 515 g/mol. The molecule has 1 aliphatic carbocycles. The van der Waals surface area contributed by atoms with Crippen molar-refractivity contribution in [3.05, 3.63) is 120 Å². The number of amides is 1. The normalized spacial score (nSPS) is 13.1. The van der Waals surface area contributed by atoms with E-state index in [1.54, 1.807) is 0 Å². The summed E-state index contributed by atoms with van der Waals surface area (Å²) in [7, 11) is 0. The molecule has 0 aromatic heterocycles. The van der Waals surface area contributed by atoms with E-state index in [1.807, 2.05) is 48.5 Å². The number of carbonyl (C=O) groups is 2. The minimum Gasteiger partial charge on any atom is -0.480 e. The highest BCUT2D eigenvalue weighted by atomic mass is 16.5. The highest BCUT2D eigenvalue weighted by Crippen LogP contribution is 2.44. The van der Waals surface area contributed by atoms with Gasteiger partial charge in [-0.05, 0) is 68.6 Å². The molecule has 0 saturated heterocycles. The first kappa shape index (κ1) is 24.7. The summed E-state index contributed by atoms with van der Waals surface area (Å²) in [5, 5.41) is 17.1. The van der Waals surface area contributed by atoms with Gasteiger partial charge < -0.3 is 15.2 Å². The number of carbonyl (C=O) groups excluding carboxylic acids is 1. The van der Waals surface area contributed by atoms with E-state index >= 15 is 0 Å². The number of benzene rings is 5. The Labute approximate surface area is 227 Å². The first-order chi connectivity index (χ1) is 19.1. The number of hydrogen-bond acceptors (Lipinski definition) is 3. The van der Waals surface area contributed by atoms with Crippen LogP contribution in [0.3, 0.4) is 0 Å². The highest BCUT2D eigenvalue weighted by Gasteiger charge is 2.29. The summed E-state index contributed by atoms with van der Waals surface area (Å²) in [6.07, 6.45) is 0.922. The van der Waals surface area contributed by atoms with Gasteiger partial charge in [0, 0.05) is 5.92 Å². The van der Waals surface area contributed by atoms with E-state index in [-0.39, 0.29) is 12.5 Å². The second-order valence-electron chi connectivity index (χ2n) is 10.1. The zero-order chi connectivity index (χ0) is 26.8. The van der Waals surface area contributed by atoms with Gasteiger partial charge in [0.1, 0.15) is 12.6 Å². The van der Waals surface area contributed by atoms with Crippen molar-refractivity contribution in [2.45, 2.75) is 31.2 Å². The molecule has 0 bridgehead atoms. The second kappa shape index (κ2) is 10.6. The van der Waals surface area contributed by atoms with Gasteiger partial charge >= 0.3 is 12.1 Å². The van der Waals surface area contributed by atoms with E-state index in [2.05, 4.69) is 59.9 Å². The van der Waals surface area contributed by atoms with Gasteiger partial charge in [-0.1, -0.05) is 103 Å². The van der Waals surface area contributed by atoms with Crippen LogP contribution < -0.4 is 5.32 Å². The summed E-state index contributed by atoms with van der Waals surface area (Å²) in [5.74, 6) is -1.14. The number of aryl methyl sites for hydroxylation is 1. The summed E-state index contributed by atoms with van der Waals surface area (Å²) in [4.78, 5) is 24.7. The van der Waals surface area contributed by atoms with Crippen LogP contribution in [0.15, 0.2) is 103 Å². The summed E-state index contributed by atoms with van der Waals surface area (Å²) in [5.41, 5.74) is 5.70. The van der Waals surface area contributed by atoms with E-state index in [9.17, 15) is 14.7 Å². The maximum atomic E-state index is 12.7. The van der Waals surface area contributed by atoms with Crippen molar-refractivity contribution in [1.29, 1.82) is 0 Å². The largest absolute Gasteiger partial charge is 0.480 e. The fraction of sp³-hybridized carbons (Fsp3) is 0.176. The van der Waals surface area contributed by atoms with Gasteiger partial charge in [0.2, 0.25) is 0 Å². The molecule has 1 aliphatic rings. The lowest BCUT2D eigenvalue weighted by Crippen LogP contribution is -2.41. The summed E-state index contributed by atoms with van der Waals surface area (Å²) in [6.45, 7) is 0.148. The highest BCUT2D eigenvalue weighted by molar-refractivity contribution is 6.08. The van der Waals surface area contributed by atoms with Crippen molar-refractivity contribution in [1.82, 2.24) is 5.32 Å². The van der Waals surface area contributed by atoms with Gasteiger partial charge in [-0.2, -0.15) is 0 Å². The fourth-order valence-electron chi connectivity index (χ4n) is 5.87. The molecule has 0 fully saturated rings. The quantitative estimate of drug-likeness (QED) is 0.213. The van der Waals surface area contributed by atoms with Crippen LogP contribution in [0.25, 0.3) is 32.7 Å². The lowest BCUT2D eigenvalue weighted by atomic mass is 9.94. The Kier molecular flexibility index (Phi) is 6.72. The topological polar surface area (TPSA) is 75.6 Å². The molecule has 194 valence electrons. The van der Waals surface area contributed by atoms with Gasteiger partial charge in [-0.15, -0.1) is 0 Å². The zero-order valence-electron chi connectivity index (χ0n) is 21.5. The predicted molar refractivity (Wildman–Crippen MR) is 154 cm³/mol. The molecular formula is C34H29NO4. The first-order valence-electron chi connectivity index (χ1n) is 13.3. The molecule has 5 nitrogen and oxygen atoms in total. The minimum atomic E-state index is -1.06. The van der Waals surface area contributed by atoms with Crippen molar-refractivity contribution >= 4 is 33.6 Å². The molecule has 5 aromatic carbocycles. The SMILES string of the molecule is O=C(N[C@@H](CCCc1cc2ccccc2c2ccccc12)C(=O)O)OCC1c2ccccc2-c2ccccc21. The molecule has 0 radical (unpaired) electrons. The molecular weight excluding hydrogens is 486 g/mol. The third-order valence-corrected chi connectivity index (χ3v) is 7.73. The number of hydrogen-bond donors (Lipinski definition) is 2. The average Bonchev–Trinajstić information content (AvgIpc) is 3.29. The number of rotatable bonds is 8. The van der Waals surface area contributed by atoms with Crippen LogP contribution >= 0.6 is 0 Å². The van der Waals surface area contributed by atoms with E-state index < -0.39 is 18.1 Å². The average molecular weight is 516 g/mol. The molecule has 5 aromatic rings. The molecule has 0 aliphatic heterocycles. The number of carboxylic acids is 1. The Balaban J connectivity index is 1.10. The molecule has 2 N–H and O–H groups in total. The van der Waals surface area contributed by atoms with Crippen LogP contribution in [0, 0.1) is 0 Å². The first-order valence-corrected chi connectivity index (χ1v) is 13.3. The van der Waals surface area contributed by atoms with Crippen LogP contribution in [0.5, 0.6) is 0 Å². The Morgan fingerprint density at radius 1 is 0.769 bits per heavy atom. The van der Waals surface area contributed by atoms with Gasteiger partial charge in [0.25, 0.3) is 0 Å². The van der Waals surface area contributed by atoms with Crippen molar-refractivity contribution < 1.29 is 19.4 Å². The number of ether oxygens (including phenoxy) is 1. The van der Waals surface area contributed by atoms with E-state index in [0.29, 0.717) is 19.3 Å². The lowest BCUT2D eigenvalue weighted by molar-refractivity contribution is -0.139. The number of fused-ring (bicyclic) bond motifs is 6.